The van der Waals surface area contributed by atoms with Crippen LogP contribution in [0.3, 0.4) is 0 Å². The van der Waals surface area contributed by atoms with Gasteiger partial charge in [-0.3, -0.25) is 0 Å². The van der Waals surface area contributed by atoms with Crippen LogP contribution in [0.4, 0.5) is 0 Å². The van der Waals surface area contributed by atoms with E-state index in [0.29, 0.717) is 5.88 Å². The van der Waals surface area contributed by atoms with E-state index in [-0.39, 0.29) is 5.54 Å². The second kappa shape index (κ2) is 5.02. The zero-order valence-electron chi connectivity index (χ0n) is 7.25. The minimum absolute atomic E-state index is 0.0112. The topological polar surface area (TPSA) is 12.0 Å². The van der Waals surface area contributed by atoms with E-state index < -0.39 is 0 Å². The van der Waals surface area contributed by atoms with E-state index >= 15 is 0 Å². The average molecular weight is 196 g/mol. The molecule has 0 aliphatic rings. The highest BCUT2D eigenvalue weighted by atomic mass is 35.5. The first kappa shape index (κ1) is 11.3. The van der Waals surface area contributed by atoms with Gasteiger partial charge in [-0.2, -0.15) is 0 Å². The first-order chi connectivity index (χ1) is 5.02. The van der Waals surface area contributed by atoms with Gasteiger partial charge in [0.05, 0.1) is 0 Å². The van der Waals surface area contributed by atoms with Gasteiger partial charge >= 0.3 is 0 Å². The number of rotatable bonds is 4. The molecule has 0 aliphatic carbocycles. The summed E-state index contributed by atoms with van der Waals surface area (Å²) in [4.78, 5) is 0. The van der Waals surface area contributed by atoms with Crippen molar-refractivity contribution in [2.45, 2.75) is 26.3 Å². The molecule has 0 aromatic carbocycles. The Labute approximate surface area is 78.8 Å². The average Bonchev–Trinajstić information content (AvgIpc) is 2.00. The first-order valence-corrected chi connectivity index (χ1v) is 4.56. The molecular weight excluding hydrogens is 181 g/mol. The van der Waals surface area contributed by atoms with E-state index in [4.69, 9.17) is 23.2 Å². The third kappa shape index (κ3) is 5.54. The fourth-order valence-electron chi connectivity index (χ4n) is 0.465. The standard InChI is InChI=1S/C8H15Cl2N/c1-7(4-9)5-11-8(2,3)6-10/h4,11H,5-6H2,1-3H3. The highest BCUT2D eigenvalue weighted by Gasteiger charge is 2.14. The lowest BCUT2D eigenvalue weighted by Gasteiger charge is -2.23. The van der Waals surface area contributed by atoms with Gasteiger partial charge in [0.1, 0.15) is 0 Å². The minimum atomic E-state index is -0.0112. The number of hydrogen-bond donors (Lipinski definition) is 1. The summed E-state index contributed by atoms with van der Waals surface area (Å²) in [6, 6.07) is 0. The quantitative estimate of drug-likeness (QED) is 0.681. The van der Waals surface area contributed by atoms with Gasteiger partial charge < -0.3 is 5.32 Å². The van der Waals surface area contributed by atoms with E-state index in [2.05, 4.69) is 19.2 Å². The predicted molar refractivity (Wildman–Crippen MR) is 52.4 cm³/mol. The third-order valence-electron chi connectivity index (χ3n) is 1.37. The molecule has 0 fully saturated rings. The molecule has 0 aromatic rings. The van der Waals surface area contributed by atoms with Gasteiger partial charge in [0, 0.05) is 23.5 Å². The molecule has 0 saturated carbocycles. The summed E-state index contributed by atoms with van der Waals surface area (Å²) >= 11 is 11.2. The summed E-state index contributed by atoms with van der Waals surface area (Å²) in [6.07, 6.45) is 0. The van der Waals surface area contributed by atoms with Crippen molar-refractivity contribution in [1.29, 1.82) is 0 Å². The zero-order chi connectivity index (χ0) is 8.91. The molecule has 3 heteroatoms. The molecular formula is C8H15Cl2N. The SMILES string of the molecule is CC(=CCl)CNC(C)(C)CCl. The Morgan fingerprint density at radius 2 is 2.09 bits per heavy atom. The first-order valence-electron chi connectivity index (χ1n) is 3.58. The number of hydrogen-bond acceptors (Lipinski definition) is 1. The zero-order valence-corrected chi connectivity index (χ0v) is 8.76. The second-order valence-electron chi connectivity index (χ2n) is 3.33. The van der Waals surface area contributed by atoms with Crippen molar-refractivity contribution >= 4 is 23.2 Å². The van der Waals surface area contributed by atoms with Crippen LogP contribution in [0, 0.1) is 0 Å². The fraction of sp³-hybridized carbons (Fsp3) is 0.750. The van der Waals surface area contributed by atoms with Crippen molar-refractivity contribution in [2.24, 2.45) is 0 Å². The van der Waals surface area contributed by atoms with Crippen LogP contribution in [0.2, 0.25) is 0 Å². The van der Waals surface area contributed by atoms with E-state index in [0.717, 1.165) is 12.1 Å². The molecule has 0 bridgehead atoms. The van der Waals surface area contributed by atoms with Crippen molar-refractivity contribution in [2.75, 3.05) is 12.4 Å². The molecule has 0 rings (SSSR count). The lowest BCUT2D eigenvalue weighted by atomic mass is 10.1. The van der Waals surface area contributed by atoms with Crippen molar-refractivity contribution in [1.82, 2.24) is 5.32 Å². The van der Waals surface area contributed by atoms with Crippen LogP contribution < -0.4 is 5.32 Å². The van der Waals surface area contributed by atoms with Gasteiger partial charge in [0.2, 0.25) is 0 Å². The lowest BCUT2D eigenvalue weighted by molar-refractivity contribution is 0.450. The van der Waals surface area contributed by atoms with Crippen LogP contribution in [0.5, 0.6) is 0 Å². The molecule has 1 nitrogen and oxygen atoms in total. The Morgan fingerprint density at radius 3 is 2.45 bits per heavy atom. The Hall–Kier alpha value is 0.280. The highest BCUT2D eigenvalue weighted by molar-refractivity contribution is 6.25. The molecule has 66 valence electrons. The van der Waals surface area contributed by atoms with Crippen LogP contribution in [-0.4, -0.2) is 18.0 Å². The Balaban J connectivity index is 3.70. The van der Waals surface area contributed by atoms with Gasteiger partial charge in [-0.1, -0.05) is 11.6 Å². The molecule has 0 spiro atoms. The molecule has 11 heavy (non-hydrogen) atoms. The molecule has 0 aliphatic heterocycles. The summed E-state index contributed by atoms with van der Waals surface area (Å²) in [5, 5.41) is 3.27. The Morgan fingerprint density at radius 1 is 1.55 bits per heavy atom. The third-order valence-corrected chi connectivity index (χ3v) is 2.41. The summed E-state index contributed by atoms with van der Waals surface area (Å²) < 4.78 is 0. The number of alkyl halides is 1. The van der Waals surface area contributed by atoms with Crippen LogP contribution in [0.15, 0.2) is 11.1 Å². The maximum Gasteiger partial charge on any atom is 0.0400 e. The van der Waals surface area contributed by atoms with Crippen molar-refractivity contribution in [3.8, 4) is 0 Å². The highest BCUT2D eigenvalue weighted by Crippen LogP contribution is 2.05. The molecule has 0 amide bonds. The summed E-state index contributed by atoms with van der Waals surface area (Å²) in [6.45, 7) is 6.89. The van der Waals surface area contributed by atoms with E-state index in [1.54, 1.807) is 5.54 Å². The molecule has 0 aromatic heterocycles. The van der Waals surface area contributed by atoms with Crippen LogP contribution >= 0.6 is 23.2 Å². The molecule has 0 radical (unpaired) electrons. The van der Waals surface area contributed by atoms with Crippen molar-refractivity contribution in [3.63, 3.8) is 0 Å². The van der Waals surface area contributed by atoms with Gasteiger partial charge in [0.25, 0.3) is 0 Å². The van der Waals surface area contributed by atoms with E-state index in [1.807, 2.05) is 6.92 Å². The smallest absolute Gasteiger partial charge is 0.0400 e. The van der Waals surface area contributed by atoms with Crippen LogP contribution in [0.25, 0.3) is 0 Å². The van der Waals surface area contributed by atoms with E-state index in [1.165, 1.54) is 0 Å². The predicted octanol–water partition coefficient (Wildman–Crippen LogP) is 2.74. The number of nitrogens with one attached hydrogen (secondary N) is 1. The van der Waals surface area contributed by atoms with Gasteiger partial charge in [-0.25, -0.2) is 0 Å². The summed E-state index contributed by atoms with van der Waals surface area (Å²) in [5.41, 5.74) is 2.69. The fourth-order valence-corrected chi connectivity index (χ4v) is 0.636. The van der Waals surface area contributed by atoms with E-state index in [9.17, 15) is 0 Å². The summed E-state index contributed by atoms with van der Waals surface area (Å²) in [5.74, 6) is 0.600. The number of halogens is 2. The molecule has 0 heterocycles. The molecule has 0 unspecified atom stereocenters. The lowest BCUT2D eigenvalue weighted by Crippen LogP contribution is -2.41. The Bertz CT molecular complexity index is 141. The Kier molecular flexibility index (Phi) is 5.15. The minimum Gasteiger partial charge on any atom is -0.307 e. The molecule has 1 N–H and O–H groups in total. The van der Waals surface area contributed by atoms with Gasteiger partial charge in [0.15, 0.2) is 0 Å². The van der Waals surface area contributed by atoms with Crippen LogP contribution in [0.1, 0.15) is 20.8 Å². The maximum absolute atomic E-state index is 5.70. The van der Waals surface area contributed by atoms with Crippen molar-refractivity contribution < 1.29 is 0 Å². The normalized spacial score (nSPS) is 13.7. The molecule has 0 atom stereocenters. The van der Waals surface area contributed by atoms with Crippen molar-refractivity contribution in [3.05, 3.63) is 11.1 Å². The van der Waals surface area contributed by atoms with Gasteiger partial charge in [-0.05, 0) is 26.3 Å². The second-order valence-corrected chi connectivity index (χ2v) is 3.81. The van der Waals surface area contributed by atoms with Crippen LogP contribution in [-0.2, 0) is 0 Å². The summed E-state index contributed by atoms with van der Waals surface area (Å²) in [7, 11) is 0. The monoisotopic (exact) mass is 195 g/mol. The maximum atomic E-state index is 5.70. The van der Waals surface area contributed by atoms with Gasteiger partial charge in [-0.15, -0.1) is 11.6 Å². The largest absolute Gasteiger partial charge is 0.307 e. The molecule has 0 saturated heterocycles.